The lowest BCUT2D eigenvalue weighted by Crippen LogP contribution is -2.25. The topological polar surface area (TPSA) is 116 Å². The molecule has 1 aliphatic heterocycles. The van der Waals surface area contributed by atoms with Gasteiger partial charge in [-0.05, 0) is 11.6 Å². The van der Waals surface area contributed by atoms with Crippen LogP contribution in [0, 0.1) is 0 Å². The Balaban J connectivity index is 2.72. The fourth-order valence-electron chi connectivity index (χ4n) is 2.12. The zero-order valence-electron chi connectivity index (χ0n) is 10.8. The number of hydrogen-bond donors (Lipinski definition) is 2. The SMILES string of the molecule is CS(=O)(=O)c1c(C(CN)C(=O)O)ccc2c1OCCO2. The van der Waals surface area contributed by atoms with Crippen molar-refractivity contribution in [3.05, 3.63) is 17.7 Å². The van der Waals surface area contributed by atoms with Gasteiger partial charge in [0.25, 0.3) is 0 Å². The highest BCUT2D eigenvalue weighted by Gasteiger charge is 2.31. The van der Waals surface area contributed by atoms with E-state index in [0.717, 1.165) is 6.26 Å². The second-order valence-electron chi connectivity index (χ2n) is 4.41. The van der Waals surface area contributed by atoms with E-state index in [0.29, 0.717) is 12.4 Å². The Bertz CT molecular complexity index is 640. The molecule has 0 saturated carbocycles. The molecule has 0 aromatic heterocycles. The average molecular weight is 301 g/mol. The number of ether oxygens (including phenoxy) is 2. The predicted molar refractivity (Wildman–Crippen MR) is 70.0 cm³/mol. The number of sulfone groups is 1. The summed E-state index contributed by atoms with van der Waals surface area (Å²) in [6.45, 7) is 0.311. The molecule has 1 aromatic carbocycles. The molecule has 0 fully saturated rings. The van der Waals surface area contributed by atoms with E-state index >= 15 is 0 Å². The first-order valence-electron chi connectivity index (χ1n) is 5.91. The predicted octanol–water partition coefficient (Wildman–Crippen LogP) is -0.0118. The summed E-state index contributed by atoms with van der Waals surface area (Å²) < 4.78 is 34.7. The Morgan fingerprint density at radius 2 is 2.05 bits per heavy atom. The fourth-order valence-corrected chi connectivity index (χ4v) is 3.26. The first kappa shape index (κ1) is 14.6. The molecule has 1 heterocycles. The Kier molecular flexibility index (Phi) is 3.87. The van der Waals surface area contributed by atoms with Crippen molar-refractivity contribution in [3.63, 3.8) is 0 Å². The van der Waals surface area contributed by atoms with Crippen molar-refractivity contribution in [1.29, 1.82) is 0 Å². The molecule has 1 unspecified atom stereocenters. The Labute approximate surface area is 116 Å². The lowest BCUT2D eigenvalue weighted by atomic mass is 9.98. The lowest BCUT2D eigenvalue weighted by Gasteiger charge is -2.23. The Morgan fingerprint density at radius 1 is 1.40 bits per heavy atom. The van der Waals surface area contributed by atoms with Crippen LogP contribution in [0.1, 0.15) is 11.5 Å². The molecule has 3 N–H and O–H groups in total. The van der Waals surface area contributed by atoms with Gasteiger partial charge in [0, 0.05) is 12.8 Å². The molecule has 0 aliphatic carbocycles. The summed E-state index contributed by atoms with van der Waals surface area (Å²) in [5, 5.41) is 9.17. The molecule has 0 bridgehead atoms. The van der Waals surface area contributed by atoms with Gasteiger partial charge in [-0.25, -0.2) is 8.42 Å². The molecule has 0 spiro atoms. The van der Waals surface area contributed by atoms with Gasteiger partial charge in [-0.15, -0.1) is 0 Å². The molecular formula is C12H15NO6S. The minimum atomic E-state index is -3.69. The summed E-state index contributed by atoms with van der Waals surface area (Å²) in [5.41, 5.74) is 5.56. The van der Waals surface area contributed by atoms with E-state index in [1.165, 1.54) is 12.1 Å². The highest BCUT2D eigenvalue weighted by Crippen LogP contribution is 2.41. The van der Waals surface area contributed by atoms with Gasteiger partial charge >= 0.3 is 5.97 Å². The number of rotatable bonds is 4. The number of carbonyl (C=O) groups is 1. The summed E-state index contributed by atoms with van der Waals surface area (Å²) in [6, 6.07) is 2.92. The van der Waals surface area contributed by atoms with Crippen molar-refractivity contribution < 1.29 is 27.8 Å². The molecular weight excluding hydrogens is 286 g/mol. The maximum absolute atomic E-state index is 12.0. The zero-order valence-corrected chi connectivity index (χ0v) is 11.6. The minimum Gasteiger partial charge on any atom is -0.486 e. The standard InChI is InChI=1S/C12H15NO6S/c1-20(16,17)11-7(8(6-13)12(14)15)2-3-9-10(11)19-5-4-18-9/h2-3,8H,4-6,13H2,1H3,(H,14,15). The molecule has 110 valence electrons. The number of benzene rings is 1. The molecule has 7 nitrogen and oxygen atoms in total. The van der Waals surface area contributed by atoms with Gasteiger partial charge in [-0.2, -0.15) is 0 Å². The van der Waals surface area contributed by atoms with E-state index in [1.54, 1.807) is 0 Å². The maximum Gasteiger partial charge on any atom is 0.312 e. The molecule has 0 amide bonds. The van der Waals surface area contributed by atoms with Crippen LogP contribution in [0.25, 0.3) is 0 Å². The molecule has 1 aliphatic rings. The Morgan fingerprint density at radius 3 is 2.60 bits per heavy atom. The molecule has 1 aromatic rings. The number of nitrogens with two attached hydrogens (primary N) is 1. The van der Waals surface area contributed by atoms with Crippen LogP contribution in [0.4, 0.5) is 0 Å². The number of fused-ring (bicyclic) bond motifs is 1. The van der Waals surface area contributed by atoms with Crippen LogP contribution >= 0.6 is 0 Å². The van der Waals surface area contributed by atoms with Crippen molar-refractivity contribution in [2.75, 3.05) is 26.0 Å². The van der Waals surface area contributed by atoms with Crippen molar-refractivity contribution in [3.8, 4) is 11.5 Å². The van der Waals surface area contributed by atoms with Crippen LogP contribution in [0.2, 0.25) is 0 Å². The largest absolute Gasteiger partial charge is 0.486 e. The highest BCUT2D eigenvalue weighted by molar-refractivity contribution is 7.90. The van der Waals surface area contributed by atoms with Crippen LogP contribution in [0.15, 0.2) is 17.0 Å². The second kappa shape index (κ2) is 5.29. The first-order chi connectivity index (χ1) is 9.36. The van der Waals surface area contributed by atoms with Crippen molar-refractivity contribution >= 4 is 15.8 Å². The van der Waals surface area contributed by atoms with Gasteiger partial charge < -0.3 is 20.3 Å². The fraction of sp³-hybridized carbons (Fsp3) is 0.417. The van der Waals surface area contributed by atoms with Crippen LogP contribution in [-0.4, -0.2) is 45.5 Å². The molecule has 1 atom stereocenters. The second-order valence-corrected chi connectivity index (χ2v) is 6.36. The molecule has 20 heavy (non-hydrogen) atoms. The van der Waals surface area contributed by atoms with Gasteiger partial charge in [-0.1, -0.05) is 6.07 Å². The molecule has 8 heteroatoms. The van der Waals surface area contributed by atoms with Crippen molar-refractivity contribution in [1.82, 2.24) is 0 Å². The number of aliphatic carboxylic acids is 1. The van der Waals surface area contributed by atoms with E-state index in [4.69, 9.17) is 15.2 Å². The third kappa shape index (κ3) is 2.56. The maximum atomic E-state index is 12.0. The van der Waals surface area contributed by atoms with Gasteiger partial charge in [0.05, 0.1) is 5.92 Å². The zero-order chi connectivity index (χ0) is 14.9. The van der Waals surface area contributed by atoms with Gasteiger partial charge in [0.1, 0.15) is 18.1 Å². The normalized spacial score (nSPS) is 15.7. The summed E-state index contributed by atoms with van der Waals surface area (Å²) in [7, 11) is -3.69. The Hall–Kier alpha value is -1.80. The van der Waals surface area contributed by atoms with Crippen LogP contribution in [0.3, 0.4) is 0 Å². The van der Waals surface area contributed by atoms with Gasteiger partial charge in [0.15, 0.2) is 21.3 Å². The number of carboxylic acids is 1. The van der Waals surface area contributed by atoms with E-state index < -0.39 is 21.7 Å². The summed E-state index contributed by atoms with van der Waals surface area (Å²) in [5.74, 6) is -1.94. The van der Waals surface area contributed by atoms with Gasteiger partial charge in [0.2, 0.25) is 0 Å². The van der Waals surface area contributed by atoms with E-state index in [9.17, 15) is 18.3 Å². The van der Waals surface area contributed by atoms with Gasteiger partial charge in [-0.3, -0.25) is 4.79 Å². The van der Waals surface area contributed by atoms with E-state index in [1.807, 2.05) is 0 Å². The number of hydrogen-bond acceptors (Lipinski definition) is 6. The quantitative estimate of drug-likeness (QED) is 0.803. The van der Waals surface area contributed by atoms with Crippen LogP contribution in [-0.2, 0) is 14.6 Å². The minimum absolute atomic E-state index is 0.0657. The first-order valence-corrected chi connectivity index (χ1v) is 7.80. The average Bonchev–Trinajstić information content (AvgIpc) is 2.37. The third-order valence-electron chi connectivity index (χ3n) is 2.97. The monoisotopic (exact) mass is 301 g/mol. The smallest absolute Gasteiger partial charge is 0.312 e. The number of carboxylic acid groups (broad SMARTS) is 1. The van der Waals surface area contributed by atoms with Crippen molar-refractivity contribution in [2.24, 2.45) is 5.73 Å². The molecule has 0 saturated heterocycles. The summed E-state index contributed by atoms with van der Waals surface area (Å²) in [6.07, 6.45) is 1.000. The molecule has 0 radical (unpaired) electrons. The summed E-state index contributed by atoms with van der Waals surface area (Å²) >= 11 is 0. The van der Waals surface area contributed by atoms with Crippen LogP contribution < -0.4 is 15.2 Å². The highest BCUT2D eigenvalue weighted by atomic mass is 32.2. The van der Waals surface area contributed by atoms with Crippen molar-refractivity contribution in [2.45, 2.75) is 10.8 Å². The third-order valence-corrected chi connectivity index (χ3v) is 4.14. The lowest BCUT2D eigenvalue weighted by molar-refractivity contribution is -0.138. The summed E-state index contributed by atoms with van der Waals surface area (Å²) in [4.78, 5) is 11.1. The van der Waals surface area contributed by atoms with E-state index in [2.05, 4.69) is 0 Å². The van der Waals surface area contributed by atoms with Crippen LogP contribution in [0.5, 0.6) is 11.5 Å². The van der Waals surface area contributed by atoms with E-state index in [-0.39, 0.29) is 29.4 Å². The molecule has 2 rings (SSSR count).